The summed E-state index contributed by atoms with van der Waals surface area (Å²) >= 11 is 3.35. The minimum atomic E-state index is -0.676. The van der Waals surface area contributed by atoms with Gasteiger partial charge in [0.1, 0.15) is 11.6 Å². The summed E-state index contributed by atoms with van der Waals surface area (Å²) in [6, 6.07) is 8.38. The fourth-order valence-electron chi connectivity index (χ4n) is 1.53. The van der Waals surface area contributed by atoms with Crippen LogP contribution in [0.15, 0.2) is 40.9 Å². The molecule has 0 fully saturated rings. The Hall–Kier alpha value is -1.95. The van der Waals surface area contributed by atoms with Crippen LogP contribution < -0.4 is 4.74 Å². The summed E-state index contributed by atoms with van der Waals surface area (Å²) in [5, 5.41) is 10.8. The molecule has 0 spiro atoms. The lowest BCUT2D eigenvalue weighted by Gasteiger charge is -2.07. The van der Waals surface area contributed by atoms with Crippen LogP contribution >= 0.6 is 15.9 Å². The monoisotopic (exact) mass is 325 g/mol. The van der Waals surface area contributed by atoms with Gasteiger partial charge in [0, 0.05) is 4.47 Å². The molecule has 0 aromatic heterocycles. The van der Waals surface area contributed by atoms with Crippen LogP contribution in [0.1, 0.15) is 5.56 Å². The fraction of sp³-hybridized carbons (Fsp3) is 0.0769. The minimum Gasteiger partial charge on any atom is -0.450 e. The first kappa shape index (κ1) is 13.5. The number of ether oxygens (including phenoxy) is 1. The molecule has 0 aliphatic carbocycles. The third-order valence-corrected chi connectivity index (χ3v) is 3.36. The van der Waals surface area contributed by atoms with Crippen molar-refractivity contribution >= 4 is 21.6 Å². The van der Waals surface area contributed by atoms with E-state index >= 15 is 0 Å². The molecule has 2 aromatic carbocycles. The van der Waals surface area contributed by atoms with E-state index in [-0.39, 0.29) is 5.75 Å². The van der Waals surface area contributed by atoms with Gasteiger partial charge in [0.15, 0.2) is 0 Å². The smallest absolute Gasteiger partial charge is 0.314 e. The van der Waals surface area contributed by atoms with Gasteiger partial charge in [-0.15, -0.1) is 0 Å². The summed E-state index contributed by atoms with van der Waals surface area (Å²) < 4.78 is 19.3. The van der Waals surface area contributed by atoms with E-state index in [9.17, 15) is 14.5 Å². The van der Waals surface area contributed by atoms with Crippen molar-refractivity contribution in [2.24, 2.45) is 0 Å². The first-order valence-electron chi connectivity index (χ1n) is 5.35. The van der Waals surface area contributed by atoms with Crippen LogP contribution in [-0.2, 0) is 0 Å². The molecule has 98 valence electrons. The quantitative estimate of drug-likeness (QED) is 0.612. The van der Waals surface area contributed by atoms with Crippen LogP contribution in [0.4, 0.5) is 10.1 Å². The zero-order chi connectivity index (χ0) is 14.0. The fourth-order valence-corrected chi connectivity index (χ4v) is 1.77. The molecule has 0 radical (unpaired) electrons. The van der Waals surface area contributed by atoms with Gasteiger partial charge in [-0.1, -0.05) is 15.9 Å². The molecule has 2 rings (SSSR count). The predicted molar refractivity (Wildman–Crippen MR) is 72.0 cm³/mol. The maximum absolute atomic E-state index is 13.0. The minimum absolute atomic E-state index is 0.00752. The molecule has 0 aliphatic heterocycles. The zero-order valence-electron chi connectivity index (χ0n) is 9.89. The number of halogens is 2. The molecule has 0 atom stereocenters. The highest BCUT2D eigenvalue weighted by molar-refractivity contribution is 9.10. The molecule has 0 N–H and O–H groups in total. The van der Waals surface area contributed by atoms with Crippen LogP contribution in [0, 0.1) is 22.9 Å². The van der Waals surface area contributed by atoms with E-state index < -0.39 is 16.4 Å². The number of nitro groups is 1. The largest absolute Gasteiger partial charge is 0.450 e. The Kier molecular flexibility index (Phi) is 3.80. The zero-order valence-corrected chi connectivity index (χ0v) is 11.5. The molecule has 19 heavy (non-hydrogen) atoms. The molecule has 0 unspecified atom stereocenters. The van der Waals surface area contributed by atoms with E-state index in [2.05, 4.69) is 15.9 Å². The number of hydrogen-bond donors (Lipinski definition) is 0. The van der Waals surface area contributed by atoms with Crippen molar-refractivity contribution in [1.82, 2.24) is 0 Å². The van der Waals surface area contributed by atoms with E-state index in [1.165, 1.54) is 6.07 Å². The number of nitro benzene ring substituents is 1. The van der Waals surface area contributed by atoms with Gasteiger partial charge in [-0.25, -0.2) is 4.39 Å². The van der Waals surface area contributed by atoms with Crippen molar-refractivity contribution in [2.75, 3.05) is 0 Å². The third kappa shape index (κ3) is 3.08. The molecule has 0 amide bonds. The van der Waals surface area contributed by atoms with E-state index in [1.807, 2.05) is 6.92 Å². The van der Waals surface area contributed by atoms with E-state index in [0.717, 1.165) is 22.2 Å². The molecule has 0 heterocycles. The highest BCUT2D eigenvalue weighted by Gasteiger charge is 2.17. The first-order valence-corrected chi connectivity index (χ1v) is 6.14. The summed E-state index contributed by atoms with van der Waals surface area (Å²) in [5.41, 5.74) is 0.530. The van der Waals surface area contributed by atoms with Crippen LogP contribution in [-0.4, -0.2) is 4.92 Å². The first-order chi connectivity index (χ1) is 8.97. The van der Waals surface area contributed by atoms with Crippen LogP contribution in [0.3, 0.4) is 0 Å². The van der Waals surface area contributed by atoms with Crippen LogP contribution in [0.2, 0.25) is 0 Å². The lowest BCUT2D eigenvalue weighted by molar-refractivity contribution is -0.385. The average molecular weight is 326 g/mol. The third-order valence-electron chi connectivity index (χ3n) is 2.47. The van der Waals surface area contributed by atoms with Crippen molar-refractivity contribution in [3.8, 4) is 11.5 Å². The predicted octanol–water partition coefficient (Wildman–Crippen LogP) is 4.60. The summed E-state index contributed by atoms with van der Waals surface area (Å²) in [6.07, 6.45) is 0. The average Bonchev–Trinajstić information content (AvgIpc) is 2.36. The Bertz CT molecular complexity index is 646. The highest BCUT2D eigenvalue weighted by Crippen LogP contribution is 2.33. The van der Waals surface area contributed by atoms with Crippen molar-refractivity contribution in [1.29, 1.82) is 0 Å². The maximum atomic E-state index is 13.0. The van der Waals surface area contributed by atoms with Crippen LogP contribution in [0.25, 0.3) is 0 Å². The molecule has 0 saturated heterocycles. The normalized spacial score (nSPS) is 10.3. The van der Waals surface area contributed by atoms with Crippen molar-refractivity contribution in [2.45, 2.75) is 6.92 Å². The summed E-state index contributed by atoms with van der Waals surface area (Å²) in [5.74, 6) is -0.213. The molecule has 0 bridgehead atoms. The molecular weight excluding hydrogens is 317 g/mol. The molecule has 2 aromatic rings. The number of benzene rings is 2. The van der Waals surface area contributed by atoms with Crippen LogP contribution in [0.5, 0.6) is 11.5 Å². The Morgan fingerprint density at radius 2 is 2.00 bits per heavy atom. The van der Waals surface area contributed by atoms with Gasteiger partial charge in [0.05, 0.1) is 11.0 Å². The highest BCUT2D eigenvalue weighted by atomic mass is 79.9. The Labute approximate surface area is 117 Å². The SMILES string of the molecule is Cc1cc(Oc2ccc(F)cc2[N+](=O)[O-])ccc1Br. The lowest BCUT2D eigenvalue weighted by Crippen LogP contribution is -1.94. The van der Waals surface area contributed by atoms with E-state index in [0.29, 0.717) is 5.75 Å². The lowest BCUT2D eigenvalue weighted by atomic mass is 10.2. The van der Waals surface area contributed by atoms with Gasteiger partial charge in [-0.2, -0.15) is 0 Å². The van der Waals surface area contributed by atoms with E-state index in [1.54, 1.807) is 18.2 Å². The Morgan fingerprint density at radius 3 is 2.63 bits per heavy atom. The van der Waals surface area contributed by atoms with Gasteiger partial charge < -0.3 is 4.74 Å². The molecule has 0 saturated carbocycles. The van der Waals surface area contributed by atoms with Gasteiger partial charge in [-0.3, -0.25) is 10.1 Å². The Morgan fingerprint density at radius 1 is 1.26 bits per heavy atom. The second-order valence-electron chi connectivity index (χ2n) is 3.88. The van der Waals surface area contributed by atoms with Gasteiger partial charge in [0.25, 0.3) is 0 Å². The molecule has 6 heteroatoms. The molecule has 0 aliphatic rings. The molecule has 4 nitrogen and oxygen atoms in total. The maximum Gasteiger partial charge on any atom is 0.314 e. The summed E-state index contributed by atoms with van der Waals surface area (Å²) in [6.45, 7) is 1.87. The summed E-state index contributed by atoms with van der Waals surface area (Å²) in [4.78, 5) is 10.2. The van der Waals surface area contributed by atoms with Gasteiger partial charge in [0.2, 0.25) is 5.75 Å². The number of hydrogen-bond acceptors (Lipinski definition) is 3. The van der Waals surface area contributed by atoms with Crippen molar-refractivity contribution in [3.63, 3.8) is 0 Å². The number of nitrogens with zero attached hydrogens (tertiary/aromatic N) is 1. The topological polar surface area (TPSA) is 52.4 Å². The summed E-state index contributed by atoms with van der Waals surface area (Å²) in [7, 11) is 0. The number of rotatable bonds is 3. The Balaban J connectivity index is 2.37. The van der Waals surface area contributed by atoms with Gasteiger partial charge in [-0.05, 0) is 42.8 Å². The molecular formula is C13H9BrFNO3. The van der Waals surface area contributed by atoms with Crippen molar-refractivity contribution < 1.29 is 14.1 Å². The van der Waals surface area contributed by atoms with Gasteiger partial charge >= 0.3 is 5.69 Å². The second-order valence-corrected chi connectivity index (χ2v) is 4.74. The second kappa shape index (κ2) is 5.36. The standard InChI is InChI=1S/C13H9BrFNO3/c1-8-6-10(3-4-11(8)14)19-13-5-2-9(15)7-12(13)16(17)18/h2-7H,1H3. The van der Waals surface area contributed by atoms with E-state index in [4.69, 9.17) is 4.74 Å². The van der Waals surface area contributed by atoms with Crippen molar-refractivity contribution in [3.05, 3.63) is 62.4 Å². The number of aryl methyl sites for hydroxylation is 1.